The highest BCUT2D eigenvalue weighted by Crippen LogP contribution is 2.37. The number of benzene rings is 2. The van der Waals surface area contributed by atoms with Crippen molar-refractivity contribution in [3.8, 4) is 0 Å². The maximum atomic E-state index is 11.9. The van der Waals surface area contributed by atoms with Crippen molar-refractivity contribution in [2.24, 2.45) is 5.73 Å². The molecule has 3 N–H and O–H groups in total. The summed E-state index contributed by atoms with van der Waals surface area (Å²) in [5.74, 6) is -0.0216. The molecule has 102 valence electrons. The third-order valence-corrected chi connectivity index (χ3v) is 3.82. The molecule has 2 aromatic rings. The van der Waals surface area contributed by atoms with Gasteiger partial charge in [-0.2, -0.15) is 0 Å². The molecular weight excluding hydrogens is 318 g/mol. The molecule has 0 saturated heterocycles. The Morgan fingerprint density at radius 3 is 2.80 bits per heavy atom. The van der Waals surface area contributed by atoms with Crippen molar-refractivity contribution in [2.45, 2.75) is 6.54 Å². The molecule has 5 heteroatoms. The number of hydrogen-bond donors (Lipinski definition) is 2. The number of halogens is 1. The number of para-hydroxylation sites is 2. The van der Waals surface area contributed by atoms with Crippen LogP contribution in [0.3, 0.4) is 0 Å². The van der Waals surface area contributed by atoms with Crippen LogP contribution in [0.5, 0.6) is 0 Å². The van der Waals surface area contributed by atoms with Crippen molar-refractivity contribution >= 4 is 38.9 Å². The van der Waals surface area contributed by atoms with Crippen LogP contribution in [0.15, 0.2) is 46.9 Å². The number of carbonyl (C=O) groups is 1. The summed E-state index contributed by atoms with van der Waals surface area (Å²) in [6.07, 6.45) is 0. The number of nitrogens with one attached hydrogen (secondary N) is 1. The second kappa shape index (κ2) is 5.26. The third-order valence-electron chi connectivity index (χ3n) is 3.33. The molecule has 0 saturated carbocycles. The second-order valence-corrected chi connectivity index (χ2v) is 5.54. The van der Waals surface area contributed by atoms with Gasteiger partial charge in [-0.25, -0.2) is 0 Å². The van der Waals surface area contributed by atoms with Crippen LogP contribution in [0.1, 0.15) is 5.56 Å². The summed E-state index contributed by atoms with van der Waals surface area (Å²) in [7, 11) is 0. The van der Waals surface area contributed by atoms with Gasteiger partial charge in [-0.1, -0.05) is 34.1 Å². The van der Waals surface area contributed by atoms with Gasteiger partial charge in [0.25, 0.3) is 0 Å². The van der Waals surface area contributed by atoms with Gasteiger partial charge < -0.3 is 16.0 Å². The van der Waals surface area contributed by atoms with Crippen LogP contribution in [-0.4, -0.2) is 12.5 Å². The second-order valence-electron chi connectivity index (χ2n) is 4.63. The summed E-state index contributed by atoms with van der Waals surface area (Å²) in [5.41, 5.74) is 9.61. The van der Waals surface area contributed by atoms with E-state index in [0.717, 1.165) is 27.1 Å². The fraction of sp³-hybridized carbons (Fsp3) is 0.133. The van der Waals surface area contributed by atoms with E-state index in [-0.39, 0.29) is 5.91 Å². The summed E-state index contributed by atoms with van der Waals surface area (Å²) >= 11 is 3.48. The van der Waals surface area contributed by atoms with Gasteiger partial charge >= 0.3 is 0 Å². The normalized spacial score (nSPS) is 13.9. The third kappa shape index (κ3) is 2.30. The van der Waals surface area contributed by atoms with Crippen molar-refractivity contribution in [3.05, 3.63) is 52.5 Å². The molecule has 0 aliphatic carbocycles. The van der Waals surface area contributed by atoms with E-state index in [1.54, 1.807) is 0 Å². The Kier molecular flexibility index (Phi) is 3.46. The smallest absolute Gasteiger partial charge is 0.244 e. The van der Waals surface area contributed by atoms with Crippen molar-refractivity contribution in [1.29, 1.82) is 0 Å². The minimum Gasteiger partial charge on any atom is -0.330 e. The summed E-state index contributed by atoms with van der Waals surface area (Å²) < 4.78 is 0.966. The van der Waals surface area contributed by atoms with Gasteiger partial charge in [0.05, 0.1) is 11.4 Å². The van der Waals surface area contributed by atoms with Crippen molar-refractivity contribution in [2.75, 3.05) is 16.8 Å². The zero-order chi connectivity index (χ0) is 14.1. The average Bonchev–Trinajstić information content (AvgIpc) is 2.46. The van der Waals surface area contributed by atoms with E-state index in [1.165, 1.54) is 0 Å². The summed E-state index contributed by atoms with van der Waals surface area (Å²) in [4.78, 5) is 13.9. The number of amides is 1. The summed E-state index contributed by atoms with van der Waals surface area (Å²) in [5, 5.41) is 2.89. The van der Waals surface area contributed by atoms with Crippen LogP contribution >= 0.6 is 15.9 Å². The molecule has 0 bridgehead atoms. The summed E-state index contributed by atoms with van der Waals surface area (Å²) in [6.45, 7) is 0.726. The highest BCUT2D eigenvalue weighted by atomic mass is 79.9. The summed E-state index contributed by atoms with van der Waals surface area (Å²) in [6, 6.07) is 13.7. The Hall–Kier alpha value is -1.85. The molecule has 0 aromatic heterocycles. The Morgan fingerprint density at radius 1 is 1.20 bits per heavy atom. The molecule has 3 rings (SSSR count). The maximum Gasteiger partial charge on any atom is 0.244 e. The number of carbonyl (C=O) groups excluding carboxylic acids is 1. The first-order valence-electron chi connectivity index (χ1n) is 6.34. The number of nitrogens with zero attached hydrogens (tertiary/aromatic N) is 1. The van der Waals surface area contributed by atoms with E-state index >= 15 is 0 Å². The standard InChI is InChI=1S/C15H14BrN3O/c16-11-6-5-10(8-17)14(7-11)19-9-15(20)18-12-3-1-2-4-13(12)19/h1-7H,8-9,17H2,(H,18,20). The Bertz CT molecular complexity index is 672. The molecule has 0 spiro atoms. The molecule has 2 aromatic carbocycles. The predicted octanol–water partition coefficient (Wildman–Crippen LogP) is 3.00. The van der Waals surface area contributed by atoms with Gasteiger partial charge in [-0.05, 0) is 29.8 Å². The zero-order valence-electron chi connectivity index (χ0n) is 10.8. The van der Waals surface area contributed by atoms with E-state index in [0.29, 0.717) is 13.1 Å². The lowest BCUT2D eigenvalue weighted by Gasteiger charge is -2.32. The minimum atomic E-state index is -0.0216. The molecule has 4 nitrogen and oxygen atoms in total. The molecular formula is C15H14BrN3O. The van der Waals surface area contributed by atoms with Crippen molar-refractivity contribution in [3.63, 3.8) is 0 Å². The molecule has 1 heterocycles. The quantitative estimate of drug-likeness (QED) is 0.889. The van der Waals surface area contributed by atoms with Gasteiger partial charge in [0.2, 0.25) is 5.91 Å². The molecule has 1 aliphatic rings. The number of hydrogen-bond acceptors (Lipinski definition) is 3. The van der Waals surface area contributed by atoms with Gasteiger partial charge in [0, 0.05) is 16.7 Å². The maximum absolute atomic E-state index is 11.9. The number of anilines is 3. The number of fused-ring (bicyclic) bond motifs is 1. The molecule has 0 radical (unpaired) electrons. The van der Waals surface area contributed by atoms with Crippen LogP contribution in [0.2, 0.25) is 0 Å². The Balaban J connectivity index is 2.15. The van der Waals surface area contributed by atoms with Gasteiger partial charge in [0.1, 0.15) is 6.54 Å². The molecule has 0 atom stereocenters. The largest absolute Gasteiger partial charge is 0.330 e. The van der Waals surface area contributed by atoms with Crippen LogP contribution in [0, 0.1) is 0 Å². The molecule has 0 unspecified atom stereocenters. The lowest BCUT2D eigenvalue weighted by Crippen LogP contribution is -2.35. The number of rotatable bonds is 2. The lowest BCUT2D eigenvalue weighted by molar-refractivity contribution is -0.115. The topological polar surface area (TPSA) is 58.4 Å². The minimum absolute atomic E-state index is 0.0216. The zero-order valence-corrected chi connectivity index (χ0v) is 12.4. The van der Waals surface area contributed by atoms with E-state index in [1.807, 2.05) is 47.4 Å². The van der Waals surface area contributed by atoms with Gasteiger partial charge in [0.15, 0.2) is 0 Å². The van der Waals surface area contributed by atoms with E-state index in [9.17, 15) is 4.79 Å². The SMILES string of the molecule is NCc1ccc(Br)cc1N1CC(=O)Nc2ccccc21. The first kappa shape index (κ1) is 13.1. The van der Waals surface area contributed by atoms with Crippen LogP contribution in [0.4, 0.5) is 17.1 Å². The van der Waals surface area contributed by atoms with E-state index in [2.05, 4.69) is 21.2 Å². The highest BCUT2D eigenvalue weighted by molar-refractivity contribution is 9.10. The Morgan fingerprint density at radius 2 is 2.00 bits per heavy atom. The van der Waals surface area contributed by atoms with E-state index < -0.39 is 0 Å². The highest BCUT2D eigenvalue weighted by Gasteiger charge is 2.24. The molecule has 20 heavy (non-hydrogen) atoms. The number of nitrogens with two attached hydrogens (primary N) is 1. The van der Waals surface area contributed by atoms with E-state index in [4.69, 9.17) is 5.73 Å². The monoisotopic (exact) mass is 331 g/mol. The average molecular weight is 332 g/mol. The van der Waals surface area contributed by atoms with Crippen LogP contribution in [-0.2, 0) is 11.3 Å². The lowest BCUT2D eigenvalue weighted by atomic mass is 10.1. The molecule has 0 fully saturated rings. The van der Waals surface area contributed by atoms with Crippen LogP contribution in [0.25, 0.3) is 0 Å². The van der Waals surface area contributed by atoms with Crippen molar-refractivity contribution < 1.29 is 4.79 Å². The first-order valence-corrected chi connectivity index (χ1v) is 7.13. The Labute approximate surface area is 125 Å². The molecule has 1 aliphatic heterocycles. The van der Waals surface area contributed by atoms with Gasteiger partial charge in [-0.15, -0.1) is 0 Å². The van der Waals surface area contributed by atoms with Gasteiger partial charge in [-0.3, -0.25) is 4.79 Å². The van der Waals surface area contributed by atoms with Crippen LogP contribution < -0.4 is 16.0 Å². The van der Waals surface area contributed by atoms with Crippen molar-refractivity contribution in [1.82, 2.24) is 0 Å². The fourth-order valence-electron chi connectivity index (χ4n) is 2.41. The molecule has 1 amide bonds. The predicted molar refractivity (Wildman–Crippen MR) is 84.1 cm³/mol. The fourth-order valence-corrected chi connectivity index (χ4v) is 2.76. The first-order chi connectivity index (χ1) is 9.69.